The van der Waals surface area contributed by atoms with Crippen LogP contribution in [0.25, 0.3) is 0 Å². The van der Waals surface area contributed by atoms with Crippen molar-refractivity contribution >= 4 is 5.78 Å². The Bertz CT molecular complexity index is 297. The van der Waals surface area contributed by atoms with E-state index in [2.05, 4.69) is 0 Å². The van der Waals surface area contributed by atoms with E-state index in [4.69, 9.17) is 14.2 Å². The van der Waals surface area contributed by atoms with Crippen molar-refractivity contribution in [2.24, 2.45) is 0 Å². The Labute approximate surface area is 83.1 Å². The fraction of sp³-hybridized carbons (Fsp3) is 0.500. The fourth-order valence-corrected chi connectivity index (χ4v) is 1.46. The largest absolute Gasteiger partial charge is 0.495 e. The minimum atomic E-state index is -1.06. The molecule has 0 saturated carbocycles. The quantitative estimate of drug-likeness (QED) is 0.635. The molecule has 1 aliphatic carbocycles. The SMILES string of the molecule is COC1=C(C)C(=O)C=CC1(OC)OC. The molecule has 4 nitrogen and oxygen atoms in total. The second-order valence-corrected chi connectivity index (χ2v) is 2.93. The van der Waals surface area contributed by atoms with Gasteiger partial charge in [-0.25, -0.2) is 0 Å². The van der Waals surface area contributed by atoms with Gasteiger partial charge < -0.3 is 14.2 Å². The van der Waals surface area contributed by atoms with Crippen LogP contribution in [0.4, 0.5) is 0 Å². The number of ether oxygens (including phenoxy) is 3. The Balaban J connectivity index is 3.21. The first kappa shape index (κ1) is 10.9. The molecule has 0 fully saturated rings. The predicted octanol–water partition coefficient (Wildman–Crippen LogP) is 1.03. The maximum atomic E-state index is 11.3. The van der Waals surface area contributed by atoms with Gasteiger partial charge in [-0.3, -0.25) is 4.79 Å². The molecule has 0 aromatic heterocycles. The molecule has 0 spiro atoms. The van der Waals surface area contributed by atoms with Crippen molar-refractivity contribution in [3.05, 3.63) is 23.5 Å². The van der Waals surface area contributed by atoms with Crippen LogP contribution in [0.3, 0.4) is 0 Å². The maximum Gasteiger partial charge on any atom is 0.248 e. The molecule has 0 aromatic rings. The van der Waals surface area contributed by atoms with E-state index in [1.54, 1.807) is 13.0 Å². The summed E-state index contributed by atoms with van der Waals surface area (Å²) in [5.74, 6) is -0.756. The zero-order valence-corrected chi connectivity index (χ0v) is 8.79. The highest BCUT2D eigenvalue weighted by atomic mass is 16.7. The number of carbonyl (C=O) groups is 1. The molecular formula is C10H14O4. The second-order valence-electron chi connectivity index (χ2n) is 2.93. The van der Waals surface area contributed by atoms with Crippen molar-refractivity contribution in [3.63, 3.8) is 0 Å². The van der Waals surface area contributed by atoms with Gasteiger partial charge in [-0.05, 0) is 19.1 Å². The summed E-state index contributed by atoms with van der Waals surface area (Å²) in [4.78, 5) is 11.3. The van der Waals surface area contributed by atoms with Crippen LogP contribution in [0.2, 0.25) is 0 Å². The summed E-state index contributed by atoms with van der Waals surface area (Å²) in [5, 5.41) is 0. The van der Waals surface area contributed by atoms with E-state index in [1.165, 1.54) is 27.4 Å². The highest BCUT2D eigenvalue weighted by molar-refractivity contribution is 6.05. The average molecular weight is 198 g/mol. The molecule has 0 unspecified atom stereocenters. The van der Waals surface area contributed by atoms with Gasteiger partial charge in [0.1, 0.15) is 0 Å². The van der Waals surface area contributed by atoms with Crippen molar-refractivity contribution in [1.82, 2.24) is 0 Å². The van der Waals surface area contributed by atoms with Crippen LogP contribution in [0.1, 0.15) is 6.92 Å². The summed E-state index contributed by atoms with van der Waals surface area (Å²) < 4.78 is 15.5. The smallest absolute Gasteiger partial charge is 0.248 e. The van der Waals surface area contributed by atoms with Gasteiger partial charge in [0, 0.05) is 19.8 Å². The van der Waals surface area contributed by atoms with Gasteiger partial charge in [0.25, 0.3) is 0 Å². The molecule has 0 amide bonds. The number of hydrogen-bond donors (Lipinski definition) is 0. The number of hydrogen-bond acceptors (Lipinski definition) is 4. The first-order chi connectivity index (χ1) is 6.61. The van der Waals surface area contributed by atoms with Crippen LogP contribution in [-0.4, -0.2) is 32.9 Å². The van der Waals surface area contributed by atoms with E-state index in [-0.39, 0.29) is 5.78 Å². The summed E-state index contributed by atoms with van der Waals surface area (Å²) in [5.41, 5.74) is 0.499. The fourth-order valence-electron chi connectivity index (χ4n) is 1.46. The van der Waals surface area contributed by atoms with E-state index in [0.717, 1.165) is 0 Å². The molecule has 78 valence electrons. The van der Waals surface area contributed by atoms with Crippen LogP contribution in [0.5, 0.6) is 0 Å². The third kappa shape index (κ3) is 1.47. The van der Waals surface area contributed by atoms with Crippen LogP contribution >= 0.6 is 0 Å². The molecule has 0 aromatic carbocycles. The number of carbonyl (C=O) groups excluding carboxylic acids is 1. The maximum absolute atomic E-state index is 11.3. The van der Waals surface area contributed by atoms with Crippen LogP contribution < -0.4 is 0 Å². The highest BCUT2D eigenvalue weighted by Crippen LogP contribution is 2.30. The van der Waals surface area contributed by atoms with Crippen molar-refractivity contribution in [2.75, 3.05) is 21.3 Å². The molecule has 0 saturated heterocycles. The molecular weight excluding hydrogens is 184 g/mol. The standard InChI is InChI=1S/C10H14O4/c1-7-8(11)5-6-10(13-3,14-4)9(7)12-2/h5-6H,1-4H3. The van der Waals surface area contributed by atoms with Gasteiger partial charge in [-0.1, -0.05) is 0 Å². The van der Waals surface area contributed by atoms with Crippen LogP contribution in [0, 0.1) is 0 Å². The lowest BCUT2D eigenvalue weighted by Crippen LogP contribution is -2.38. The van der Waals surface area contributed by atoms with Crippen molar-refractivity contribution < 1.29 is 19.0 Å². The molecule has 0 heterocycles. The molecule has 0 N–H and O–H groups in total. The first-order valence-electron chi connectivity index (χ1n) is 4.20. The first-order valence-corrected chi connectivity index (χ1v) is 4.20. The summed E-state index contributed by atoms with van der Waals surface area (Å²) in [6.07, 6.45) is 2.96. The number of allylic oxidation sites excluding steroid dienone is 2. The lowest BCUT2D eigenvalue weighted by Gasteiger charge is -2.32. The summed E-state index contributed by atoms with van der Waals surface area (Å²) in [6, 6.07) is 0. The van der Waals surface area contributed by atoms with Crippen molar-refractivity contribution in [1.29, 1.82) is 0 Å². The van der Waals surface area contributed by atoms with E-state index in [9.17, 15) is 4.79 Å². The summed E-state index contributed by atoms with van der Waals surface area (Å²) >= 11 is 0. The van der Waals surface area contributed by atoms with Gasteiger partial charge in [-0.2, -0.15) is 0 Å². The molecule has 14 heavy (non-hydrogen) atoms. The Morgan fingerprint density at radius 3 is 2.21 bits per heavy atom. The second kappa shape index (κ2) is 3.94. The monoisotopic (exact) mass is 198 g/mol. The van der Waals surface area contributed by atoms with E-state index < -0.39 is 5.79 Å². The topological polar surface area (TPSA) is 44.8 Å². The number of ketones is 1. The third-order valence-electron chi connectivity index (χ3n) is 2.29. The lowest BCUT2D eigenvalue weighted by molar-refractivity contribution is -0.168. The Kier molecular flexibility index (Phi) is 3.08. The Morgan fingerprint density at radius 1 is 1.21 bits per heavy atom. The van der Waals surface area contributed by atoms with Crippen molar-refractivity contribution in [3.8, 4) is 0 Å². The molecule has 4 heteroatoms. The van der Waals surface area contributed by atoms with Gasteiger partial charge in [0.15, 0.2) is 11.5 Å². The Hall–Kier alpha value is -1.13. The molecule has 0 bridgehead atoms. The number of rotatable bonds is 3. The minimum absolute atomic E-state index is 0.0911. The van der Waals surface area contributed by atoms with Gasteiger partial charge in [0.05, 0.1) is 7.11 Å². The lowest BCUT2D eigenvalue weighted by atomic mass is 9.99. The molecule has 1 rings (SSSR count). The van der Waals surface area contributed by atoms with E-state index in [0.29, 0.717) is 11.3 Å². The van der Waals surface area contributed by atoms with Gasteiger partial charge >= 0.3 is 0 Å². The van der Waals surface area contributed by atoms with Crippen LogP contribution in [-0.2, 0) is 19.0 Å². The summed E-state index contributed by atoms with van der Waals surface area (Å²) in [7, 11) is 4.48. The molecule has 0 aliphatic heterocycles. The third-order valence-corrected chi connectivity index (χ3v) is 2.29. The zero-order chi connectivity index (χ0) is 10.8. The highest BCUT2D eigenvalue weighted by Gasteiger charge is 2.38. The summed E-state index contributed by atoms with van der Waals surface area (Å²) in [6.45, 7) is 1.68. The van der Waals surface area contributed by atoms with Gasteiger partial charge in [0.2, 0.25) is 5.79 Å². The molecule has 1 aliphatic rings. The van der Waals surface area contributed by atoms with Crippen molar-refractivity contribution in [2.45, 2.75) is 12.7 Å². The predicted molar refractivity (Wildman–Crippen MR) is 50.6 cm³/mol. The molecule has 0 atom stereocenters. The average Bonchev–Trinajstić information content (AvgIpc) is 2.22. The minimum Gasteiger partial charge on any atom is -0.495 e. The van der Waals surface area contributed by atoms with E-state index >= 15 is 0 Å². The van der Waals surface area contributed by atoms with Crippen LogP contribution in [0.15, 0.2) is 23.5 Å². The van der Waals surface area contributed by atoms with Gasteiger partial charge in [-0.15, -0.1) is 0 Å². The zero-order valence-electron chi connectivity index (χ0n) is 8.79. The Morgan fingerprint density at radius 2 is 1.79 bits per heavy atom. The molecule has 0 radical (unpaired) electrons. The van der Waals surface area contributed by atoms with E-state index in [1.807, 2.05) is 0 Å². The number of methoxy groups -OCH3 is 3. The normalized spacial score (nSPS) is 20.1.